The van der Waals surface area contributed by atoms with Crippen molar-refractivity contribution in [3.05, 3.63) is 0 Å². The monoisotopic (exact) mass is 176 g/mol. The van der Waals surface area contributed by atoms with Gasteiger partial charge in [-0.05, 0) is 0 Å². The summed E-state index contributed by atoms with van der Waals surface area (Å²) < 4.78 is 34.1. The molecule has 0 rings (SSSR count). The van der Waals surface area contributed by atoms with Crippen LogP contribution in [-0.2, 0) is 10.4 Å². The summed E-state index contributed by atoms with van der Waals surface area (Å²) >= 11 is 0. The minimum absolute atomic E-state index is 0. The van der Waals surface area contributed by atoms with Crippen LogP contribution in [0.5, 0.6) is 0 Å². The summed E-state index contributed by atoms with van der Waals surface area (Å²) in [6.45, 7) is 0. The molecule has 0 amide bonds. The normalized spacial score (nSPS) is 7.11. The van der Waals surface area contributed by atoms with Crippen molar-refractivity contribution in [3.8, 4) is 0 Å². The fourth-order valence-corrected chi connectivity index (χ4v) is 0. The van der Waals surface area contributed by atoms with E-state index in [1.165, 1.54) is 0 Å². The molecule has 0 saturated carbocycles. The maximum atomic E-state index is 8.52. The second-order valence-corrected chi connectivity index (χ2v) is 1.22. The third-order valence-corrected chi connectivity index (χ3v) is 0. The van der Waals surface area contributed by atoms with Crippen LogP contribution in [0.2, 0.25) is 0 Å². The van der Waals surface area contributed by atoms with E-state index in [0.29, 0.717) is 0 Å². The van der Waals surface area contributed by atoms with Crippen LogP contribution in [0.4, 0.5) is 0 Å². The molecular formula is H2Na2O6S. The molecule has 0 heterocycles. The van der Waals surface area contributed by atoms with Gasteiger partial charge in [0.15, 0.2) is 0 Å². The third-order valence-electron chi connectivity index (χ3n) is 0. The fraction of sp³-hybridized carbons (Fsp3) is 0. The topological polar surface area (TPSA) is 121 Å². The maximum Gasteiger partial charge on any atom is 1.00 e. The van der Waals surface area contributed by atoms with Gasteiger partial charge in [-0.2, -0.15) is 0 Å². The summed E-state index contributed by atoms with van der Waals surface area (Å²) in [5, 5.41) is 12.0. The summed E-state index contributed by atoms with van der Waals surface area (Å²) in [7, 11) is -5.17. The van der Waals surface area contributed by atoms with Crippen molar-refractivity contribution >= 4 is 10.4 Å². The Morgan fingerprint density at radius 2 is 1.00 bits per heavy atom. The van der Waals surface area contributed by atoms with E-state index in [0.717, 1.165) is 0 Å². The van der Waals surface area contributed by atoms with Gasteiger partial charge < -0.3 is 9.11 Å². The Morgan fingerprint density at radius 3 is 1.00 bits per heavy atom. The van der Waals surface area contributed by atoms with Crippen LogP contribution in [0.25, 0.3) is 0 Å². The molecule has 0 bridgehead atoms. The number of hydrogen-bond donors (Lipinski definition) is 2. The van der Waals surface area contributed by atoms with Gasteiger partial charge in [0.2, 0.25) is 0 Å². The standard InChI is InChI=1S/2Na.H2O4S.H2O2/c;;1-5(2,3)4;1-2/h;;(H2,1,2,3,4);1-2H/q2*+1;;/p-2. The molecule has 2 N–H and O–H groups in total. The Labute approximate surface area is 96.4 Å². The van der Waals surface area contributed by atoms with Crippen LogP contribution in [0.1, 0.15) is 0 Å². The average molecular weight is 176 g/mol. The minimum atomic E-state index is -5.17. The molecule has 9 heavy (non-hydrogen) atoms. The van der Waals surface area contributed by atoms with Crippen molar-refractivity contribution in [1.29, 1.82) is 0 Å². The molecule has 0 fully saturated rings. The largest absolute Gasteiger partial charge is 1.00 e. The Morgan fingerprint density at radius 1 is 1.00 bits per heavy atom. The molecule has 0 aliphatic carbocycles. The molecule has 0 aromatic rings. The van der Waals surface area contributed by atoms with E-state index in [9.17, 15) is 0 Å². The zero-order valence-corrected chi connectivity index (χ0v) is 9.75. The van der Waals surface area contributed by atoms with Crippen LogP contribution in [-0.4, -0.2) is 28.0 Å². The van der Waals surface area contributed by atoms with Gasteiger partial charge in [0.1, 0.15) is 0 Å². The Balaban J connectivity index is -0.0000000286. The molecule has 0 aromatic carbocycles. The molecule has 0 aliphatic heterocycles. The summed E-state index contributed by atoms with van der Waals surface area (Å²) in [5.74, 6) is 0. The second kappa shape index (κ2) is 12.5. The molecule has 0 aliphatic rings. The first kappa shape index (κ1) is 22.4. The van der Waals surface area contributed by atoms with Crippen LogP contribution in [0.15, 0.2) is 0 Å². The van der Waals surface area contributed by atoms with Crippen molar-refractivity contribution in [3.63, 3.8) is 0 Å². The van der Waals surface area contributed by atoms with Crippen molar-refractivity contribution in [2.24, 2.45) is 0 Å². The summed E-state index contributed by atoms with van der Waals surface area (Å²) in [6, 6.07) is 0. The van der Waals surface area contributed by atoms with Crippen LogP contribution in [0.3, 0.4) is 0 Å². The van der Waals surface area contributed by atoms with E-state index in [2.05, 4.69) is 0 Å². The third kappa shape index (κ3) is 185. The van der Waals surface area contributed by atoms with E-state index in [4.69, 9.17) is 28.0 Å². The van der Waals surface area contributed by atoms with Gasteiger partial charge in [0, 0.05) is 10.4 Å². The molecule has 0 unspecified atom stereocenters. The van der Waals surface area contributed by atoms with Gasteiger partial charge in [0.25, 0.3) is 0 Å². The number of hydrogen-bond acceptors (Lipinski definition) is 6. The first-order valence-electron chi connectivity index (χ1n) is 0.867. The quantitative estimate of drug-likeness (QED) is 0.124. The predicted octanol–water partition coefficient (Wildman–Crippen LogP) is -7.31. The predicted molar refractivity (Wildman–Crippen MR) is 15.7 cm³/mol. The molecule has 0 atom stereocenters. The van der Waals surface area contributed by atoms with Gasteiger partial charge in [-0.15, -0.1) is 0 Å². The van der Waals surface area contributed by atoms with Gasteiger partial charge >= 0.3 is 59.1 Å². The van der Waals surface area contributed by atoms with E-state index < -0.39 is 10.4 Å². The smallest absolute Gasteiger partial charge is 0.759 e. The van der Waals surface area contributed by atoms with Gasteiger partial charge in [-0.25, -0.2) is 0 Å². The number of rotatable bonds is 0. The van der Waals surface area contributed by atoms with Crippen molar-refractivity contribution < 1.29 is 87.2 Å². The first-order valence-corrected chi connectivity index (χ1v) is 2.20. The van der Waals surface area contributed by atoms with E-state index >= 15 is 0 Å². The molecule has 0 radical (unpaired) electrons. The van der Waals surface area contributed by atoms with Crippen molar-refractivity contribution in [2.75, 3.05) is 0 Å². The Bertz CT molecular complexity index is 94.2. The van der Waals surface area contributed by atoms with Gasteiger partial charge in [-0.1, -0.05) is 0 Å². The molecule has 6 nitrogen and oxygen atoms in total. The van der Waals surface area contributed by atoms with Gasteiger partial charge in [0.05, 0.1) is 0 Å². The molecule has 0 spiro atoms. The van der Waals surface area contributed by atoms with E-state index in [-0.39, 0.29) is 59.1 Å². The summed E-state index contributed by atoms with van der Waals surface area (Å²) in [5.41, 5.74) is 0. The van der Waals surface area contributed by atoms with Crippen molar-refractivity contribution in [1.82, 2.24) is 0 Å². The van der Waals surface area contributed by atoms with E-state index in [1.54, 1.807) is 0 Å². The van der Waals surface area contributed by atoms with Crippen LogP contribution in [0, 0.1) is 0 Å². The summed E-state index contributed by atoms with van der Waals surface area (Å²) in [4.78, 5) is 0. The zero-order chi connectivity index (χ0) is 6.50. The Kier molecular flexibility index (Phi) is 31.1. The Hall–Kier alpha value is 1.79. The van der Waals surface area contributed by atoms with Gasteiger partial charge in [-0.3, -0.25) is 18.9 Å². The van der Waals surface area contributed by atoms with E-state index in [1.807, 2.05) is 0 Å². The zero-order valence-electron chi connectivity index (χ0n) is 4.94. The van der Waals surface area contributed by atoms with Crippen LogP contribution < -0.4 is 59.1 Å². The SMILES string of the molecule is O=S(=O)([O-])[O-].OO.[Na+].[Na+]. The maximum absolute atomic E-state index is 8.52. The summed E-state index contributed by atoms with van der Waals surface area (Å²) in [6.07, 6.45) is 0. The molecule has 9 heteroatoms. The van der Waals surface area contributed by atoms with Crippen LogP contribution >= 0.6 is 0 Å². The molecular weight excluding hydrogens is 174 g/mol. The fourth-order valence-electron chi connectivity index (χ4n) is 0. The molecule has 46 valence electrons. The average Bonchev–Trinajstić information content (AvgIpc) is 1.36. The molecule has 0 aromatic heterocycles. The van der Waals surface area contributed by atoms with Crippen molar-refractivity contribution in [2.45, 2.75) is 0 Å². The minimum Gasteiger partial charge on any atom is -0.759 e. The first-order chi connectivity index (χ1) is 3.00. The second-order valence-electron chi connectivity index (χ2n) is 0.408. The molecule has 0 saturated heterocycles.